The molecule has 2 heterocycles. The zero-order chi connectivity index (χ0) is 15.3. The number of hydrogen-bond acceptors (Lipinski definition) is 2. The molecule has 4 rings (SSSR count). The Hall–Kier alpha value is -1.77. The van der Waals surface area contributed by atoms with E-state index in [1.807, 2.05) is 0 Å². The lowest BCUT2D eigenvalue weighted by atomic mass is 9.78. The molecular formula is C19H25N3. The fraction of sp³-hybridized carbons (Fsp3) is 0.526. The summed E-state index contributed by atoms with van der Waals surface area (Å²) in [5.41, 5.74) is 5.80. The SMILES string of the molecule is Cc1ccccc1N1[C@@H](C)c2cnn(C)c2C12CCCCC2. The van der Waals surface area contributed by atoms with Crippen LogP contribution < -0.4 is 4.90 Å². The first-order chi connectivity index (χ1) is 10.6. The molecule has 1 aliphatic carbocycles. The molecular weight excluding hydrogens is 270 g/mol. The third-order valence-corrected chi connectivity index (χ3v) is 5.76. The maximum atomic E-state index is 4.58. The highest BCUT2D eigenvalue weighted by atomic mass is 15.4. The molecule has 1 aromatic heterocycles. The third kappa shape index (κ3) is 1.71. The molecule has 1 spiro atoms. The molecule has 1 aliphatic heterocycles. The maximum absolute atomic E-state index is 4.58. The van der Waals surface area contributed by atoms with Crippen LogP contribution in [-0.4, -0.2) is 9.78 Å². The minimum absolute atomic E-state index is 0.143. The second-order valence-corrected chi connectivity index (χ2v) is 7.00. The summed E-state index contributed by atoms with van der Waals surface area (Å²) < 4.78 is 2.13. The van der Waals surface area contributed by atoms with E-state index in [1.165, 1.54) is 54.6 Å². The first-order valence-corrected chi connectivity index (χ1v) is 8.52. The normalized spacial score (nSPS) is 23.0. The van der Waals surface area contributed by atoms with Gasteiger partial charge in [0.25, 0.3) is 0 Å². The Bertz CT molecular complexity index is 694. The lowest BCUT2D eigenvalue weighted by molar-refractivity contribution is 0.269. The predicted molar refractivity (Wildman–Crippen MR) is 90.0 cm³/mol. The number of hydrogen-bond donors (Lipinski definition) is 0. The zero-order valence-electron chi connectivity index (χ0n) is 13.8. The number of fused-ring (bicyclic) bond motifs is 2. The third-order valence-electron chi connectivity index (χ3n) is 5.76. The Morgan fingerprint density at radius 3 is 2.59 bits per heavy atom. The minimum Gasteiger partial charge on any atom is -0.353 e. The molecule has 1 fully saturated rings. The van der Waals surface area contributed by atoms with Crippen LogP contribution in [0.1, 0.15) is 61.9 Å². The van der Waals surface area contributed by atoms with Gasteiger partial charge in [-0.25, -0.2) is 0 Å². The van der Waals surface area contributed by atoms with Gasteiger partial charge in [0.2, 0.25) is 0 Å². The van der Waals surface area contributed by atoms with Crippen molar-refractivity contribution in [3.05, 3.63) is 47.3 Å². The molecule has 2 aliphatic rings. The second-order valence-electron chi connectivity index (χ2n) is 7.00. The summed E-state index contributed by atoms with van der Waals surface area (Å²) in [5, 5.41) is 4.58. The number of aryl methyl sites for hydroxylation is 2. The molecule has 2 aromatic rings. The van der Waals surface area contributed by atoms with E-state index in [0.29, 0.717) is 6.04 Å². The number of anilines is 1. The van der Waals surface area contributed by atoms with E-state index in [9.17, 15) is 0 Å². The van der Waals surface area contributed by atoms with Gasteiger partial charge in [0, 0.05) is 18.3 Å². The van der Waals surface area contributed by atoms with Crippen molar-refractivity contribution >= 4 is 5.69 Å². The molecule has 0 saturated heterocycles. The van der Waals surface area contributed by atoms with E-state index in [0.717, 1.165) is 0 Å². The molecule has 1 saturated carbocycles. The van der Waals surface area contributed by atoms with Gasteiger partial charge in [0.1, 0.15) is 0 Å². The van der Waals surface area contributed by atoms with Crippen molar-refractivity contribution in [2.24, 2.45) is 7.05 Å². The highest BCUT2D eigenvalue weighted by Crippen LogP contribution is 2.55. The van der Waals surface area contributed by atoms with Crippen molar-refractivity contribution in [3.8, 4) is 0 Å². The van der Waals surface area contributed by atoms with Crippen molar-refractivity contribution in [3.63, 3.8) is 0 Å². The van der Waals surface area contributed by atoms with Crippen LogP contribution in [0.2, 0.25) is 0 Å². The van der Waals surface area contributed by atoms with Gasteiger partial charge in [-0.2, -0.15) is 5.10 Å². The molecule has 22 heavy (non-hydrogen) atoms. The summed E-state index contributed by atoms with van der Waals surface area (Å²) in [5.74, 6) is 0. The number of benzene rings is 1. The van der Waals surface area contributed by atoms with Crippen molar-refractivity contribution in [2.45, 2.75) is 57.5 Å². The van der Waals surface area contributed by atoms with Gasteiger partial charge in [-0.05, 0) is 38.3 Å². The molecule has 0 bridgehead atoms. The smallest absolute Gasteiger partial charge is 0.0830 e. The lowest BCUT2D eigenvalue weighted by Crippen LogP contribution is -2.45. The van der Waals surface area contributed by atoms with Crippen LogP contribution in [0.5, 0.6) is 0 Å². The molecule has 0 radical (unpaired) electrons. The Labute approximate surface area is 132 Å². The molecule has 3 nitrogen and oxygen atoms in total. The molecule has 1 atom stereocenters. The van der Waals surface area contributed by atoms with Crippen molar-refractivity contribution < 1.29 is 0 Å². The van der Waals surface area contributed by atoms with Gasteiger partial charge < -0.3 is 4.90 Å². The van der Waals surface area contributed by atoms with Crippen molar-refractivity contribution in [1.82, 2.24) is 9.78 Å². The van der Waals surface area contributed by atoms with Crippen molar-refractivity contribution in [2.75, 3.05) is 4.90 Å². The molecule has 0 unspecified atom stereocenters. The lowest BCUT2D eigenvalue weighted by Gasteiger charge is -2.46. The molecule has 0 amide bonds. The highest BCUT2D eigenvalue weighted by molar-refractivity contribution is 5.62. The highest BCUT2D eigenvalue weighted by Gasteiger charge is 2.51. The van der Waals surface area contributed by atoms with E-state index in [-0.39, 0.29) is 5.54 Å². The van der Waals surface area contributed by atoms with E-state index >= 15 is 0 Å². The van der Waals surface area contributed by atoms with Gasteiger partial charge in [0.15, 0.2) is 0 Å². The average Bonchev–Trinajstić information content (AvgIpc) is 3.01. The largest absolute Gasteiger partial charge is 0.353 e. The second kappa shape index (κ2) is 4.87. The molecule has 116 valence electrons. The first-order valence-electron chi connectivity index (χ1n) is 8.52. The topological polar surface area (TPSA) is 21.1 Å². The number of rotatable bonds is 1. The van der Waals surface area contributed by atoms with Gasteiger partial charge in [-0.1, -0.05) is 37.5 Å². The summed E-state index contributed by atoms with van der Waals surface area (Å²) in [4.78, 5) is 2.70. The van der Waals surface area contributed by atoms with E-state index < -0.39 is 0 Å². The first kappa shape index (κ1) is 13.9. The standard InChI is InChI=1S/C19H25N3/c1-14-9-5-6-10-17(14)22-15(2)16-13-20-21(3)18(16)19(22)11-7-4-8-12-19/h5-6,9-10,13,15H,4,7-8,11-12H2,1-3H3/t15-/m0/s1. The summed E-state index contributed by atoms with van der Waals surface area (Å²) in [6.45, 7) is 4.58. The monoisotopic (exact) mass is 295 g/mol. The molecule has 0 N–H and O–H groups in total. The van der Waals surface area contributed by atoms with Crippen LogP contribution >= 0.6 is 0 Å². The fourth-order valence-corrected chi connectivity index (χ4v) is 4.84. The van der Waals surface area contributed by atoms with Crippen LogP contribution in [-0.2, 0) is 12.6 Å². The summed E-state index contributed by atoms with van der Waals surface area (Å²) in [6, 6.07) is 9.25. The average molecular weight is 295 g/mol. The summed E-state index contributed by atoms with van der Waals surface area (Å²) >= 11 is 0. The molecule has 1 aromatic carbocycles. The Kier molecular flexibility index (Phi) is 3.07. The number of nitrogens with zero attached hydrogens (tertiary/aromatic N) is 3. The Morgan fingerprint density at radius 2 is 1.86 bits per heavy atom. The van der Waals surface area contributed by atoms with Gasteiger partial charge in [0.05, 0.1) is 23.5 Å². The van der Waals surface area contributed by atoms with Crippen molar-refractivity contribution in [1.29, 1.82) is 0 Å². The quantitative estimate of drug-likeness (QED) is 0.774. The molecule has 3 heteroatoms. The van der Waals surface area contributed by atoms with Gasteiger partial charge in [-0.3, -0.25) is 4.68 Å². The number of aromatic nitrogens is 2. The maximum Gasteiger partial charge on any atom is 0.0830 e. The summed E-state index contributed by atoms with van der Waals surface area (Å²) in [7, 11) is 2.11. The van der Waals surface area contributed by atoms with Crippen LogP contribution in [0.3, 0.4) is 0 Å². The van der Waals surface area contributed by atoms with Gasteiger partial charge in [-0.15, -0.1) is 0 Å². The van der Waals surface area contributed by atoms with E-state index in [1.54, 1.807) is 0 Å². The fourth-order valence-electron chi connectivity index (χ4n) is 4.84. The Balaban J connectivity index is 1.92. The summed E-state index contributed by atoms with van der Waals surface area (Å²) in [6.07, 6.45) is 8.59. The number of para-hydroxylation sites is 1. The van der Waals surface area contributed by atoms with Crippen LogP contribution in [0.15, 0.2) is 30.5 Å². The zero-order valence-corrected chi connectivity index (χ0v) is 13.8. The van der Waals surface area contributed by atoms with Crippen LogP contribution in [0.4, 0.5) is 5.69 Å². The Morgan fingerprint density at radius 1 is 1.14 bits per heavy atom. The van der Waals surface area contributed by atoms with Crippen LogP contribution in [0.25, 0.3) is 0 Å². The van der Waals surface area contributed by atoms with E-state index in [4.69, 9.17) is 0 Å². The van der Waals surface area contributed by atoms with Gasteiger partial charge >= 0.3 is 0 Å². The van der Waals surface area contributed by atoms with Crippen LogP contribution in [0, 0.1) is 6.92 Å². The van der Waals surface area contributed by atoms with E-state index in [2.05, 4.69) is 66.0 Å². The predicted octanol–water partition coefficient (Wildman–Crippen LogP) is 4.47. The minimum atomic E-state index is 0.143.